The van der Waals surface area contributed by atoms with Gasteiger partial charge in [0, 0.05) is 29.5 Å². The monoisotopic (exact) mass is 306 g/mol. The predicted molar refractivity (Wildman–Crippen MR) is 61.5 cm³/mol. The molecule has 0 amide bonds. The third-order valence-corrected chi connectivity index (χ3v) is 4.16. The fourth-order valence-electron chi connectivity index (χ4n) is 1.45. The van der Waals surface area contributed by atoms with Gasteiger partial charge in [0.25, 0.3) is 0 Å². The molecule has 0 radical (unpaired) electrons. The Hall–Kier alpha value is -0.500. The van der Waals surface area contributed by atoms with E-state index in [1.807, 2.05) is 0 Å². The van der Waals surface area contributed by atoms with Crippen LogP contribution in [0, 0.1) is 0 Å². The molecule has 0 unspecified atom stereocenters. The van der Waals surface area contributed by atoms with Crippen LogP contribution in [0.1, 0.15) is 6.42 Å². The summed E-state index contributed by atoms with van der Waals surface area (Å²) in [7, 11) is -3.49. The molecule has 1 saturated heterocycles. The Morgan fingerprint density at radius 2 is 2.31 bits per heavy atom. The van der Waals surface area contributed by atoms with Crippen molar-refractivity contribution in [1.82, 2.24) is 9.71 Å². The molecule has 0 spiro atoms. The molecular weight excluding hydrogens is 296 g/mol. The summed E-state index contributed by atoms with van der Waals surface area (Å²) in [6.07, 6.45) is 3.57. The van der Waals surface area contributed by atoms with Gasteiger partial charge in [-0.05, 0) is 28.4 Å². The number of halogens is 1. The lowest BCUT2D eigenvalue weighted by molar-refractivity contribution is 0.192. The van der Waals surface area contributed by atoms with Gasteiger partial charge < -0.3 is 4.74 Å². The van der Waals surface area contributed by atoms with Crippen molar-refractivity contribution in [2.45, 2.75) is 17.4 Å². The van der Waals surface area contributed by atoms with Crippen LogP contribution in [0.3, 0.4) is 0 Å². The van der Waals surface area contributed by atoms with Crippen molar-refractivity contribution in [2.75, 3.05) is 13.2 Å². The van der Waals surface area contributed by atoms with Crippen molar-refractivity contribution in [2.24, 2.45) is 0 Å². The number of ether oxygens (including phenoxy) is 1. The topological polar surface area (TPSA) is 68.3 Å². The molecule has 88 valence electrons. The Balaban J connectivity index is 2.18. The number of rotatable bonds is 3. The summed E-state index contributed by atoms with van der Waals surface area (Å²) in [5, 5.41) is 0. The molecule has 16 heavy (non-hydrogen) atoms. The zero-order valence-corrected chi connectivity index (χ0v) is 10.8. The van der Waals surface area contributed by atoms with Crippen LogP contribution in [0.25, 0.3) is 0 Å². The van der Waals surface area contributed by atoms with Crippen molar-refractivity contribution in [3.8, 4) is 0 Å². The van der Waals surface area contributed by atoms with Crippen molar-refractivity contribution in [3.63, 3.8) is 0 Å². The molecule has 0 saturated carbocycles. The maximum Gasteiger partial charge on any atom is 0.242 e. The summed E-state index contributed by atoms with van der Waals surface area (Å²) in [6, 6.07) is 1.38. The summed E-state index contributed by atoms with van der Waals surface area (Å²) < 4.78 is 32.2. The van der Waals surface area contributed by atoms with E-state index in [4.69, 9.17) is 4.74 Å². The molecule has 5 nitrogen and oxygen atoms in total. The highest BCUT2D eigenvalue weighted by molar-refractivity contribution is 9.10. The third-order valence-electron chi connectivity index (χ3n) is 2.24. The standard InChI is InChI=1S/C9H11BrN2O3S/c10-7-3-9(5-11-4-7)16(13,14)12-8-1-2-15-6-8/h3-5,8,12H,1-2,6H2/t8-/m0/s1. The molecule has 1 fully saturated rings. The number of hydrogen-bond acceptors (Lipinski definition) is 4. The average Bonchev–Trinajstić information content (AvgIpc) is 2.70. The normalized spacial score (nSPS) is 21.2. The largest absolute Gasteiger partial charge is 0.380 e. The molecule has 2 rings (SSSR count). The van der Waals surface area contributed by atoms with Gasteiger partial charge in [-0.3, -0.25) is 4.98 Å². The highest BCUT2D eigenvalue weighted by atomic mass is 79.9. The molecular formula is C9H11BrN2O3S. The summed E-state index contributed by atoms with van der Waals surface area (Å²) in [6.45, 7) is 1.03. The maximum absolute atomic E-state index is 11.9. The van der Waals surface area contributed by atoms with E-state index in [2.05, 4.69) is 25.6 Å². The zero-order valence-electron chi connectivity index (χ0n) is 8.39. The van der Waals surface area contributed by atoms with Crippen LogP contribution in [0.5, 0.6) is 0 Å². The second-order valence-electron chi connectivity index (χ2n) is 3.52. The second-order valence-corrected chi connectivity index (χ2v) is 6.15. The SMILES string of the molecule is O=S(=O)(N[C@H]1CCOC1)c1cncc(Br)c1. The predicted octanol–water partition coefficient (Wildman–Crippen LogP) is 0.911. The van der Waals surface area contributed by atoms with Crippen LogP contribution in [-0.4, -0.2) is 32.7 Å². The highest BCUT2D eigenvalue weighted by Crippen LogP contribution is 2.15. The Morgan fingerprint density at radius 3 is 2.94 bits per heavy atom. The smallest absolute Gasteiger partial charge is 0.242 e. The first-order valence-corrected chi connectivity index (χ1v) is 7.06. The lowest BCUT2D eigenvalue weighted by Crippen LogP contribution is -2.35. The minimum absolute atomic E-state index is 0.135. The van der Waals surface area contributed by atoms with Gasteiger partial charge >= 0.3 is 0 Å². The van der Waals surface area contributed by atoms with E-state index in [-0.39, 0.29) is 10.9 Å². The summed E-state index contributed by atoms with van der Waals surface area (Å²) >= 11 is 3.19. The highest BCUT2D eigenvalue weighted by Gasteiger charge is 2.23. The first kappa shape index (κ1) is 12.0. The first-order valence-electron chi connectivity index (χ1n) is 4.78. The van der Waals surface area contributed by atoms with Crippen LogP contribution in [0.4, 0.5) is 0 Å². The fraction of sp³-hybridized carbons (Fsp3) is 0.444. The van der Waals surface area contributed by atoms with Crippen LogP contribution >= 0.6 is 15.9 Å². The molecule has 1 aromatic rings. The molecule has 0 bridgehead atoms. The van der Waals surface area contributed by atoms with Crippen molar-refractivity contribution in [1.29, 1.82) is 0 Å². The van der Waals surface area contributed by atoms with Gasteiger partial charge in [-0.1, -0.05) is 0 Å². The van der Waals surface area contributed by atoms with Crippen LogP contribution < -0.4 is 4.72 Å². The molecule has 1 N–H and O–H groups in total. The van der Waals surface area contributed by atoms with E-state index < -0.39 is 10.0 Å². The van der Waals surface area contributed by atoms with E-state index >= 15 is 0 Å². The van der Waals surface area contributed by atoms with Gasteiger partial charge in [0.2, 0.25) is 10.0 Å². The van der Waals surface area contributed by atoms with Crippen molar-refractivity contribution >= 4 is 26.0 Å². The molecule has 2 heterocycles. The minimum atomic E-state index is -3.49. The quantitative estimate of drug-likeness (QED) is 0.901. The molecule has 7 heteroatoms. The number of hydrogen-bond donors (Lipinski definition) is 1. The maximum atomic E-state index is 11.9. The van der Waals surface area contributed by atoms with Gasteiger partial charge in [-0.2, -0.15) is 0 Å². The summed E-state index contributed by atoms with van der Waals surface area (Å²) in [4.78, 5) is 3.99. The number of pyridine rings is 1. The Morgan fingerprint density at radius 1 is 1.50 bits per heavy atom. The van der Waals surface area contributed by atoms with E-state index in [0.717, 1.165) is 0 Å². The first-order chi connectivity index (χ1) is 7.58. The second kappa shape index (κ2) is 4.79. The number of sulfonamides is 1. The molecule has 1 aromatic heterocycles. The molecule has 0 aromatic carbocycles. The average molecular weight is 307 g/mol. The van der Waals surface area contributed by atoms with Crippen LogP contribution in [-0.2, 0) is 14.8 Å². The van der Waals surface area contributed by atoms with Gasteiger partial charge in [-0.15, -0.1) is 0 Å². The molecule has 0 aliphatic carbocycles. The van der Waals surface area contributed by atoms with E-state index in [9.17, 15) is 8.42 Å². The van der Waals surface area contributed by atoms with Crippen LogP contribution in [0.2, 0.25) is 0 Å². The zero-order chi connectivity index (χ0) is 11.6. The van der Waals surface area contributed by atoms with Gasteiger partial charge in [0.05, 0.1) is 6.61 Å². The van der Waals surface area contributed by atoms with Gasteiger partial charge in [-0.25, -0.2) is 13.1 Å². The number of nitrogens with zero attached hydrogens (tertiary/aromatic N) is 1. The Kier molecular flexibility index (Phi) is 3.58. The molecule has 1 atom stereocenters. The van der Waals surface area contributed by atoms with E-state index in [0.29, 0.717) is 24.1 Å². The van der Waals surface area contributed by atoms with Gasteiger partial charge in [0.1, 0.15) is 4.90 Å². The van der Waals surface area contributed by atoms with E-state index in [1.54, 1.807) is 0 Å². The molecule has 1 aliphatic rings. The number of nitrogens with one attached hydrogen (secondary N) is 1. The van der Waals surface area contributed by atoms with E-state index in [1.165, 1.54) is 18.5 Å². The summed E-state index contributed by atoms with van der Waals surface area (Å²) in [5.41, 5.74) is 0. The third kappa shape index (κ3) is 2.79. The minimum Gasteiger partial charge on any atom is -0.380 e. The Bertz CT molecular complexity index is 471. The fourth-order valence-corrected chi connectivity index (χ4v) is 3.21. The molecule has 1 aliphatic heterocycles. The van der Waals surface area contributed by atoms with Crippen molar-refractivity contribution in [3.05, 3.63) is 22.9 Å². The lowest BCUT2D eigenvalue weighted by atomic mass is 10.3. The summed E-state index contributed by atoms with van der Waals surface area (Å²) in [5.74, 6) is 0. The van der Waals surface area contributed by atoms with Crippen LogP contribution in [0.15, 0.2) is 27.8 Å². The van der Waals surface area contributed by atoms with Crippen molar-refractivity contribution < 1.29 is 13.2 Å². The van der Waals surface area contributed by atoms with Gasteiger partial charge in [0.15, 0.2) is 0 Å². The number of aromatic nitrogens is 1. The lowest BCUT2D eigenvalue weighted by Gasteiger charge is -2.11. The Labute approximate surface area is 102 Å².